The summed E-state index contributed by atoms with van der Waals surface area (Å²) in [5, 5.41) is 3.11. The normalized spacial score (nSPS) is 10.5. The Morgan fingerprint density at radius 3 is 2.45 bits per heavy atom. The Labute approximate surface area is 138 Å². The molecule has 0 saturated carbocycles. The van der Waals surface area contributed by atoms with Gasteiger partial charge in [-0.15, -0.1) is 0 Å². The molecule has 0 aliphatic heterocycles. The third kappa shape index (κ3) is 4.45. The van der Waals surface area contributed by atoms with Crippen LogP contribution in [-0.2, 0) is 13.2 Å². The van der Waals surface area contributed by atoms with Crippen molar-refractivity contribution in [2.75, 3.05) is 13.7 Å². The van der Waals surface area contributed by atoms with Crippen molar-refractivity contribution < 1.29 is 13.9 Å². The highest BCUT2D eigenvalue weighted by molar-refractivity contribution is 9.10. The summed E-state index contributed by atoms with van der Waals surface area (Å²) in [6, 6.07) is 10.2. The van der Waals surface area contributed by atoms with Crippen LogP contribution in [0.15, 0.2) is 40.9 Å². The molecule has 118 valence electrons. The van der Waals surface area contributed by atoms with E-state index in [9.17, 15) is 4.39 Å². The molecule has 3 nitrogen and oxygen atoms in total. The molecular weight excluding hydrogens is 349 g/mol. The maximum Gasteiger partial charge on any atom is 0.175 e. The standard InChI is InChI=1S/C17H19BrFNO2/c1-3-21-16-9-13(10-20-2)8-15(18)17(16)22-11-12-4-6-14(19)7-5-12/h4-9,20H,3,10-11H2,1-2H3. The molecule has 0 amide bonds. The van der Waals surface area contributed by atoms with Crippen LogP contribution in [0, 0.1) is 5.82 Å². The van der Waals surface area contributed by atoms with E-state index in [4.69, 9.17) is 9.47 Å². The van der Waals surface area contributed by atoms with E-state index in [-0.39, 0.29) is 5.82 Å². The molecule has 5 heteroatoms. The lowest BCUT2D eigenvalue weighted by Crippen LogP contribution is -2.07. The van der Waals surface area contributed by atoms with Crippen molar-refractivity contribution in [2.45, 2.75) is 20.1 Å². The van der Waals surface area contributed by atoms with Crippen LogP contribution in [0.2, 0.25) is 0 Å². The average Bonchev–Trinajstić information content (AvgIpc) is 2.49. The summed E-state index contributed by atoms with van der Waals surface area (Å²) >= 11 is 3.53. The predicted octanol–water partition coefficient (Wildman–Crippen LogP) is 4.29. The van der Waals surface area contributed by atoms with Crippen LogP contribution in [0.4, 0.5) is 4.39 Å². The summed E-state index contributed by atoms with van der Waals surface area (Å²) in [5.41, 5.74) is 2.00. The number of hydrogen-bond acceptors (Lipinski definition) is 3. The molecule has 2 aromatic carbocycles. The minimum atomic E-state index is -0.253. The molecule has 0 fully saturated rings. The highest BCUT2D eigenvalue weighted by Crippen LogP contribution is 2.37. The van der Waals surface area contributed by atoms with Gasteiger partial charge in [0, 0.05) is 6.54 Å². The van der Waals surface area contributed by atoms with Gasteiger partial charge in [0.25, 0.3) is 0 Å². The quantitative estimate of drug-likeness (QED) is 0.791. The monoisotopic (exact) mass is 367 g/mol. The van der Waals surface area contributed by atoms with E-state index in [2.05, 4.69) is 21.2 Å². The van der Waals surface area contributed by atoms with E-state index in [0.717, 1.165) is 22.1 Å². The van der Waals surface area contributed by atoms with Crippen LogP contribution >= 0.6 is 15.9 Å². The van der Waals surface area contributed by atoms with E-state index in [1.165, 1.54) is 12.1 Å². The van der Waals surface area contributed by atoms with Gasteiger partial charge in [-0.25, -0.2) is 4.39 Å². The Bertz CT molecular complexity index is 617. The van der Waals surface area contributed by atoms with Gasteiger partial charge in [-0.05, 0) is 65.3 Å². The van der Waals surface area contributed by atoms with Gasteiger partial charge in [0.05, 0.1) is 11.1 Å². The Morgan fingerprint density at radius 2 is 1.82 bits per heavy atom. The SMILES string of the molecule is CCOc1cc(CNC)cc(Br)c1OCc1ccc(F)cc1. The highest BCUT2D eigenvalue weighted by atomic mass is 79.9. The van der Waals surface area contributed by atoms with Crippen LogP contribution in [-0.4, -0.2) is 13.7 Å². The Morgan fingerprint density at radius 1 is 1.09 bits per heavy atom. The van der Waals surface area contributed by atoms with Crippen molar-refractivity contribution in [2.24, 2.45) is 0 Å². The first-order valence-corrected chi connectivity index (χ1v) is 7.90. The fourth-order valence-corrected chi connectivity index (χ4v) is 2.67. The lowest BCUT2D eigenvalue weighted by atomic mass is 10.2. The topological polar surface area (TPSA) is 30.5 Å². The van der Waals surface area contributed by atoms with E-state index >= 15 is 0 Å². The van der Waals surface area contributed by atoms with Crippen molar-refractivity contribution >= 4 is 15.9 Å². The third-order valence-electron chi connectivity index (χ3n) is 3.05. The van der Waals surface area contributed by atoms with Crippen molar-refractivity contribution in [1.82, 2.24) is 5.32 Å². The van der Waals surface area contributed by atoms with E-state index < -0.39 is 0 Å². The number of halogens is 2. The second-order valence-electron chi connectivity index (χ2n) is 4.78. The molecule has 0 radical (unpaired) electrons. The predicted molar refractivity (Wildman–Crippen MR) is 88.8 cm³/mol. The maximum absolute atomic E-state index is 12.9. The first-order chi connectivity index (χ1) is 10.6. The summed E-state index contributed by atoms with van der Waals surface area (Å²) in [5.74, 6) is 1.10. The minimum Gasteiger partial charge on any atom is -0.490 e. The van der Waals surface area contributed by atoms with Crippen LogP contribution in [0.5, 0.6) is 11.5 Å². The summed E-state index contributed by atoms with van der Waals surface area (Å²) in [6.07, 6.45) is 0. The summed E-state index contributed by atoms with van der Waals surface area (Å²) in [7, 11) is 1.90. The molecule has 0 bridgehead atoms. The van der Waals surface area contributed by atoms with Crippen molar-refractivity contribution in [1.29, 1.82) is 0 Å². The smallest absolute Gasteiger partial charge is 0.175 e. The molecule has 0 unspecified atom stereocenters. The zero-order valence-corrected chi connectivity index (χ0v) is 14.2. The van der Waals surface area contributed by atoms with Gasteiger partial charge in [0.15, 0.2) is 11.5 Å². The van der Waals surface area contributed by atoms with Crippen LogP contribution in [0.3, 0.4) is 0 Å². The summed E-state index contributed by atoms with van der Waals surface area (Å²) in [6.45, 7) is 3.59. The average molecular weight is 368 g/mol. The molecule has 0 heterocycles. The first kappa shape index (κ1) is 16.8. The van der Waals surface area contributed by atoms with Crippen LogP contribution in [0.25, 0.3) is 0 Å². The van der Waals surface area contributed by atoms with Crippen molar-refractivity contribution in [3.63, 3.8) is 0 Å². The van der Waals surface area contributed by atoms with Crippen molar-refractivity contribution in [3.8, 4) is 11.5 Å². The molecule has 0 saturated heterocycles. The molecule has 0 aliphatic rings. The van der Waals surface area contributed by atoms with E-state index in [1.54, 1.807) is 12.1 Å². The fraction of sp³-hybridized carbons (Fsp3) is 0.294. The Kier molecular flexibility index (Phi) is 6.21. The molecule has 1 N–H and O–H groups in total. The number of rotatable bonds is 7. The fourth-order valence-electron chi connectivity index (χ4n) is 2.07. The Hall–Kier alpha value is -1.59. The van der Waals surface area contributed by atoms with E-state index in [1.807, 2.05) is 26.1 Å². The highest BCUT2D eigenvalue weighted by Gasteiger charge is 2.12. The molecule has 0 atom stereocenters. The van der Waals surface area contributed by atoms with Gasteiger partial charge >= 0.3 is 0 Å². The van der Waals surface area contributed by atoms with Gasteiger partial charge in [-0.1, -0.05) is 12.1 Å². The lowest BCUT2D eigenvalue weighted by Gasteiger charge is -2.15. The van der Waals surface area contributed by atoms with Crippen molar-refractivity contribution in [3.05, 3.63) is 57.8 Å². The number of benzene rings is 2. The molecular formula is C17H19BrFNO2. The summed E-state index contributed by atoms with van der Waals surface area (Å²) < 4.78 is 25.3. The summed E-state index contributed by atoms with van der Waals surface area (Å²) in [4.78, 5) is 0. The molecule has 2 rings (SSSR count). The van der Waals surface area contributed by atoms with Crippen LogP contribution < -0.4 is 14.8 Å². The number of hydrogen-bond donors (Lipinski definition) is 1. The third-order valence-corrected chi connectivity index (χ3v) is 3.64. The molecule has 0 spiro atoms. The van der Waals surface area contributed by atoms with Gasteiger partial charge in [0.2, 0.25) is 0 Å². The van der Waals surface area contributed by atoms with Gasteiger partial charge in [-0.3, -0.25) is 0 Å². The van der Waals surface area contributed by atoms with Crippen LogP contribution in [0.1, 0.15) is 18.1 Å². The minimum absolute atomic E-state index is 0.253. The Balaban J connectivity index is 2.19. The zero-order chi connectivity index (χ0) is 15.9. The van der Waals surface area contributed by atoms with Gasteiger partial charge in [0.1, 0.15) is 12.4 Å². The largest absolute Gasteiger partial charge is 0.490 e. The molecule has 0 aliphatic carbocycles. The zero-order valence-electron chi connectivity index (χ0n) is 12.7. The number of nitrogens with one attached hydrogen (secondary N) is 1. The second-order valence-corrected chi connectivity index (χ2v) is 5.64. The molecule has 2 aromatic rings. The first-order valence-electron chi connectivity index (χ1n) is 7.11. The number of ether oxygens (including phenoxy) is 2. The van der Waals surface area contributed by atoms with E-state index in [0.29, 0.717) is 24.7 Å². The molecule has 22 heavy (non-hydrogen) atoms. The second kappa shape index (κ2) is 8.15. The maximum atomic E-state index is 12.9. The lowest BCUT2D eigenvalue weighted by molar-refractivity contribution is 0.267. The molecule has 0 aromatic heterocycles. The van der Waals surface area contributed by atoms with Gasteiger partial charge < -0.3 is 14.8 Å². The van der Waals surface area contributed by atoms with Gasteiger partial charge in [-0.2, -0.15) is 0 Å².